The maximum absolute atomic E-state index is 13.2. The lowest BCUT2D eigenvalue weighted by Crippen LogP contribution is -2.16. The standard InChI is InChI=1S/C21H17F3N8O2S/c1-3-35(33,34)16-5-4-14(12-10-27-17(9-25)28-11-12)29-18(16)20-31-30-19(32(20)2)15-8-13(6-7-26-15)21(22,23)24/h4-8,10,12H,3,11H2,1-2H3. The second-order valence-electron chi connectivity index (χ2n) is 7.48. The minimum Gasteiger partial charge on any atom is -0.307 e. The number of hydrogen-bond donors (Lipinski definition) is 0. The Balaban J connectivity index is 1.84. The Bertz CT molecular complexity index is 1500. The fraction of sp³-hybridized carbons (Fsp3) is 0.286. The number of nitriles is 1. The molecule has 0 aliphatic carbocycles. The van der Waals surface area contributed by atoms with Crippen molar-refractivity contribution in [1.82, 2.24) is 24.7 Å². The predicted octanol–water partition coefficient (Wildman–Crippen LogP) is 2.84. The molecule has 3 aromatic heterocycles. The summed E-state index contributed by atoms with van der Waals surface area (Å²) in [6, 6.07) is 6.44. The lowest BCUT2D eigenvalue weighted by Gasteiger charge is -2.15. The first-order valence-corrected chi connectivity index (χ1v) is 11.9. The molecule has 0 fully saturated rings. The van der Waals surface area contributed by atoms with Gasteiger partial charge in [0, 0.05) is 19.5 Å². The summed E-state index contributed by atoms with van der Waals surface area (Å²) in [5.41, 5.74) is -0.576. The molecule has 1 unspecified atom stereocenters. The van der Waals surface area contributed by atoms with E-state index in [4.69, 9.17) is 5.26 Å². The number of nitrogens with zero attached hydrogens (tertiary/aromatic N) is 8. The highest BCUT2D eigenvalue weighted by molar-refractivity contribution is 7.91. The van der Waals surface area contributed by atoms with Crippen LogP contribution in [0.3, 0.4) is 0 Å². The molecule has 3 aromatic rings. The van der Waals surface area contributed by atoms with Crippen LogP contribution in [0.25, 0.3) is 23.0 Å². The number of aliphatic imine (C=N–C) groups is 2. The van der Waals surface area contributed by atoms with Gasteiger partial charge in [0.05, 0.1) is 34.4 Å². The molecule has 14 heteroatoms. The molecule has 4 rings (SSSR count). The first-order valence-electron chi connectivity index (χ1n) is 10.2. The van der Waals surface area contributed by atoms with Gasteiger partial charge in [0.1, 0.15) is 17.5 Å². The number of aromatic nitrogens is 5. The van der Waals surface area contributed by atoms with Crippen LogP contribution in [0.1, 0.15) is 24.1 Å². The van der Waals surface area contributed by atoms with E-state index in [-0.39, 0.29) is 46.1 Å². The lowest BCUT2D eigenvalue weighted by atomic mass is 10.1. The summed E-state index contributed by atoms with van der Waals surface area (Å²) in [6.07, 6.45) is -2.07. The van der Waals surface area contributed by atoms with Crippen LogP contribution in [0, 0.1) is 11.3 Å². The van der Waals surface area contributed by atoms with Crippen molar-refractivity contribution < 1.29 is 21.6 Å². The van der Waals surface area contributed by atoms with Crippen molar-refractivity contribution in [2.24, 2.45) is 17.0 Å². The minimum absolute atomic E-state index is 0.000593. The molecule has 180 valence electrons. The Labute approximate surface area is 197 Å². The Morgan fingerprint density at radius 1 is 1.20 bits per heavy atom. The number of amidine groups is 1. The fourth-order valence-electron chi connectivity index (χ4n) is 3.39. The lowest BCUT2D eigenvalue weighted by molar-refractivity contribution is -0.137. The molecule has 0 amide bonds. The molecule has 0 radical (unpaired) electrons. The Kier molecular flexibility index (Phi) is 6.20. The molecule has 0 saturated carbocycles. The number of hydrogen-bond acceptors (Lipinski definition) is 9. The molecule has 0 bridgehead atoms. The Morgan fingerprint density at radius 2 is 1.94 bits per heavy atom. The van der Waals surface area contributed by atoms with Crippen LogP contribution < -0.4 is 0 Å². The molecule has 0 spiro atoms. The van der Waals surface area contributed by atoms with Gasteiger partial charge < -0.3 is 4.57 Å². The Morgan fingerprint density at radius 3 is 2.57 bits per heavy atom. The van der Waals surface area contributed by atoms with Crippen molar-refractivity contribution in [2.45, 2.75) is 23.9 Å². The summed E-state index contributed by atoms with van der Waals surface area (Å²) in [4.78, 5) is 16.4. The van der Waals surface area contributed by atoms with E-state index >= 15 is 0 Å². The predicted molar refractivity (Wildman–Crippen MR) is 119 cm³/mol. The van der Waals surface area contributed by atoms with Crippen LogP contribution in [0.2, 0.25) is 0 Å². The van der Waals surface area contributed by atoms with Crippen molar-refractivity contribution >= 4 is 21.9 Å². The van der Waals surface area contributed by atoms with Gasteiger partial charge in [-0.3, -0.25) is 9.98 Å². The smallest absolute Gasteiger partial charge is 0.307 e. The quantitative estimate of drug-likeness (QED) is 0.523. The molecule has 1 aliphatic rings. The largest absolute Gasteiger partial charge is 0.416 e. The monoisotopic (exact) mass is 502 g/mol. The summed E-state index contributed by atoms with van der Waals surface area (Å²) in [7, 11) is -2.27. The zero-order valence-electron chi connectivity index (χ0n) is 18.4. The SMILES string of the molecule is CCS(=O)(=O)c1ccc(C2C=NC(C#N)=NC2)nc1-c1nnc(-c2cc(C(F)(F)F)ccn2)n1C. The van der Waals surface area contributed by atoms with E-state index in [2.05, 4.69) is 30.2 Å². The van der Waals surface area contributed by atoms with E-state index in [0.29, 0.717) is 5.69 Å². The van der Waals surface area contributed by atoms with Gasteiger partial charge in [-0.1, -0.05) is 6.92 Å². The summed E-state index contributed by atoms with van der Waals surface area (Å²) >= 11 is 0. The van der Waals surface area contributed by atoms with Gasteiger partial charge in [0.25, 0.3) is 0 Å². The van der Waals surface area contributed by atoms with Crippen LogP contribution >= 0.6 is 0 Å². The van der Waals surface area contributed by atoms with Crippen molar-refractivity contribution in [3.05, 3.63) is 41.7 Å². The van der Waals surface area contributed by atoms with Gasteiger partial charge in [-0.25, -0.2) is 18.4 Å². The maximum atomic E-state index is 13.2. The zero-order valence-corrected chi connectivity index (χ0v) is 19.2. The van der Waals surface area contributed by atoms with Gasteiger partial charge in [0.15, 0.2) is 21.5 Å². The van der Waals surface area contributed by atoms with Gasteiger partial charge >= 0.3 is 6.18 Å². The maximum Gasteiger partial charge on any atom is 0.416 e. The van der Waals surface area contributed by atoms with Crippen molar-refractivity contribution in [1.29, 1.82) is 5.26 Å². The van der Waals surface area contributed by atoms with Crippen molar-refractivity contribution in [2.75, 3.05) is 12.3 Å². The number of halogens is 3. The van der Waals surface area contributed by atoms with Gasteiger partial charge in [0.2, 0.25) is 5.84 Å². The van der Waals surface area contributed by atoms with Gasteiger partial charge in [-0.05, 0) is 24.3 Å². The average Bonchev–Trinajstić information content (AvgIpc) is 3.24. The van der Waals surface area contributed by atoms with Crippen LogP contribution in [-0.2, 0) is 23.1 Å². The van der Waals surface area contributed by atoms with Gasteiger partial charge in [-0.15, -0.1) is 10.2 Å². The molecule has 0 aromatic carbocycles. The summed E-state index contributed by atoms with van der Waals surface area (Å²) in [5.74, 6) is -0.565. The van der Waals surface area contributed by atoms with Crippen molar-refractivity contribution in [3.63, 3.8) is 0 Å². The van der Waals surface area contributed by atoms with E-state index in [1.807, 2.05) is 6.07 Å². The zero-order chi connectivity index (χ0) is 25.4. The summed E-state index contributed by atoms with van der Waals surface area (Å²) in [5, 5.41) is 16.9. The van der Waals surface area contributed by atoms with E-state index in [1.54, 1.807) is 0 Å². The topological polar surface area (TPSA) is 139 Å². The molecule has 0 N–H and O–H groups in total. The average molecular weight is 502 g/mol. The highest BCUT2D eigenvalue weighted by atomic mass is 32.2. The van der Waals surface area contributed by atoms with Crippen LogP contribution in [0.5, 0.6) is 0 Å². The molecule has 4 heterocycles. The second kappa shape index (κ2) is 8.99. The molecule has 0 saturated heterocycles. The highest BCUT2D eigenvalue weighted by Crippen LogP contribution is 2.33. The second-order valence-corrected chi connectivity index (χ2v) is 9.73. The number of sulfone groups is 1. The fourth-order valence-corrected chi connectivity index (χ4v) is 4.41. The van der Waals surface area contributed by atoms with E-state index in [9.17, 15) is 21.6 Å². The van der Waals surface area contributed by atoms with Crippen LogP contribution in [0.4, 0.5) is 13.2 Å². The van der Waals surface area contributed by atoms with Gasteiger partial charge in [-0.2, -0.15) is 18.4 Å². The third kappa shape index (κ3) is 4.67. The molecular formula is C21H17F3N8O2S. The molecule has 35 heavy (non-hydrogen) atoms. The number of rotatable bonds is 5. The highest BCUT2D eigenvalue weighted by Gasteiger charge is 2.32. The summed E-state index contributed by atoms with van der Waals surface area (Å²) < 4.78 is 66.4. The number of alkyl halides is 3. The van der Waals surface area contributed by atoms with Crippen molar-refractivity contribution in [3.8, 4) is 29.1 Å². The van der Waals surface area contributed by atoms with E-state index in [0.717, 1.165) is 18.3 Å². The third-order valence-corrected chi connectivity index (χ3v) is 7.05. The molecule has 1 aliphatic heterocycles. The van der Waals surface area contributed by atoms with Crippen LogP contribution in [-0.4, -0.2) is 57.5 Å². The van der Waals surface area contributed by atoms with E-state index in [1.165, 1.54) is 36.9 Å². The number of pyridine rings is 2. The minimum atomic E-state index is -4.58. The third-order valence-electron chi connectivity index (χ3n) is 5.29. The first-order chi connectivity index (χ1) is 16.5. The van der Waals surface area contributed by atoms with Crippen LogP contribution in [0.15, 0.2) is 45.3 Å². The molecule has 1 atom stereocenters. The first kappa shape index (κ1) is 24.1. The summed E-state index contributed by atoms with van der Waals surface area (Å²) in [6.45, 7) is 1.67. The Hall–Kier alpha value is -3.99. The molecular weight excluding hydrogens is 485 g/mol. The van der Waals surface area contributed by atoms with E-state index < -0.39 is 27.5 Å². The molecule has 10 nitrogen and oxygen atoms in total. The normalized spacial score (nSPS) is 16.1.